The van der Waals surface area contributed by atoms with Crippen LogP contribution >= 0.6 is 11.6 Å². The summed E-state index contributed by atoms with van der Waals surface area (Å²) in [6.07, 6.45) is 9.06. The van der Waals surface area contributed by atoms with Gasteiger partial charge in [0.25, 0.3) is 0 Å². The highest BCUT2D eigenvalue weighted by atomic mass is 35.5. The van der Waals surface area contributed by atoms with Crippen LogP contribution in [-0.2, 0) is 4.79 Å². The minimum atomic E-state index is -0.218. The topological polar surface area (TPSA) is 94.7 Å². The van der Waals surface area contributed by atoms with Crippen molar-refractivity contribution >= 4 is 45.7 Å². The molecule has 4 N–H and O–H groups in total. The lowest BCUT2D eigenvalue weighted by Crippen LogP contribution is -2.34. The minimum Gasteiger partial charge on any atom is -0.382 e. The van der Waals surface area contributed by atoms with Crippen LogP contribution in [0.3, 0.4) is 0 Å². The summed E-state index contributed by atoms with van der Waals surface area (Å²) in [7, 11) is 0. The molecule has 2 aromatic carbocycles. The van der Waals surface area contributed by atoms with Gasteiger partial charge in [-0.2, -0.15) is 0 Å². The molecule has 5 rings (SSSR count). The molecule has 0 spiro atoms. The van der Waals surface area contributed by atoms with Gasteiger partial charge in [0.15, 0.2) is 0 Å². The molecular formula is C27H27ClN6O. The number of para-hydroxylation sites is 1. The molecule has 35 heavy (non-hydrogen) atoms. The molecule has 2 heterocycles. The molecule has 0 aliphatic heterocycles. The molecule has 0 unspecified atom stereocenters. The van der Waals surface area contributed by atoms with Gasteiger partial charge in [0.1, 0.15) is 0 Å². The molecule has 0 saturated heterocycles. The SMILES string of the molecule is C=CC(=O)Nc1ccc(N[C@H]2CCC[C@@H](Nc3ncc(Cl)c(-c4c[nH]c5ccccc45)n3)C2)cc1. The number of amides is 1. The zero-order valence-corrected chi connectivity index (χ0v) is 20.0. The lowest BCUT2D eigenvalue weighted by Gasteiger charge is -2.31. The fraction of sp³-hybridized carbons (Fsp3) is 0.222. The Hall–Kier alpha value is -3.84. The second-order valence-corrected chi connectivity index (χ2v) is 9.17. The number of halogens is 1. The van der Waals surface area contributed by atoms with E-state index in [4.69, 9.17) is 16.6 Å². The average molecular weight is 487 g/mol. The molecular weight excluding hydrogens is 460 g/mol. The third-order valence-corrected chi connectivity index (χ3v) is 6.58. The lowest BCUT2D eigenvalue weighted by molar-refractivity contribution is -0.111. The number of nitrogens with one attached hydrogen (secondary N) is 4. The summed E-state index contributed by atoms with van der Waals surface area (Å²) in [5.74, 6) is 0.367. The van der Waals surface area contributed by atoms with Crippen molar-refractivity contribution in [3.63, 3.8) is 0 Å². The number of aromatic amines is 1. The van der Waals surface area contributed by atoms with Crippen LogP contribution in [0.2, 0.25) is 5.02 Å². The van der Waals surface area contributed by atoms with E-state index in [2.05, 4.69) is 38.6 Å². The fourth-order valence-corrected chi connectivity index (χ4v) is 4.80. The molecule has 4 aromatic rings. The van der Waals surface area contributed by atoms with E-state index in [1.54, 1.807) is 6.20 Å². The number of carbonyl (C=O) groups excluding carboxylic acids is 1. The van der Waals surface area contributed by atoms with Crippen molar-refractivity contribution in [2.45, 2.75) is 37.8 Å². The van der Waals surface area contributed by atoms with Gasteiger partial charge in [-0.1, -0.05) is 36.4 Å². The zero-order valence-electron chi connectivity index (χ0n) is 19.2. The summed E-state index contributed by atoms with van der Waals surface area (Å²) >= 11 is 6.49. The van der Waals surface area contributed by atoms with Crippen LogP contribution in [0.25, 0.3) is 22.2 Å². The molecule has 1 amide bonds. The maximum atomic E-state index is 11.5. The van der Waals surface area contributed by atoms with Crippen LogP contribution < -0.4 is 16.0 Å². The first-order chi connectivity index (χ1) is 17.1. The van der Waals surface area contributed by atoms with E-state index < -0.39 is 0 Å². The van der Waals surface area contributed by atoms with Crippen LogP contribution in [-0.4, -0.2) is 32.9 Å². The number of aromatic nitrogens is 3. The zero-order chi connectivity index (χ0) is 24.2. The van der Waals surface area contributed by atoms with Gasteiger partial charge in [-0.15, -0.1) is 0 Å². The van der Waals surface area contributed by atoms with Gasteiger partial charge in [0.2, 0.25) is 11.9 Å². The highest BCUT2D eigenvalue weighted by molar-refractivity contribution is 6.33. The van der Waals surface area contributed by atoms with Gasteiger partial charge >= 0.3 is 0 Å². The second kappa shape index (κ2) is 10.2. The molecule has 1 aliphatic carbocycles. The Balaban J connectivity index is 1.25. The van der Waals surface area contributed by atoms with E-state index >= 15 is 0 Å². The van der Waals surface area contributed by atoms with Crippen molar-refractivity contribution < 1.29 is 4.79 Å². The highest BCUT2D eigenvalue weighted by Crippen LogP contribution is 2.33. The average Bonchev–Trinajstić information content (AvgIpc) is 3.30. The van der Waals surface area contributed by atoms with E-state index in [1.807, 2.05) is 48.7 Å². The number of nitrogens with zero attached hydrogens (tertiary/aromatic N) is 2. The first-order valence-corrected chi connectivity index (χ1v) is 12.1. The van der Waals surface area contributed by atoms with Crippen LogP contribution in [0, 0.1) is 0 Å². The molecule has 0 radical (unpaired) electrons. The van der Waals surface area contributed by atoms with Crippen molar-refractivity contribution in [2.24, 2.45) is 0 Å². The molecule has 0 bridgehead atoms. The maximum Gasteiger partial charge on any atom is 0.247 e. The Morgan fingerprint density at radius 1 is 1.06 bits per heavy atom. The smallest absolute Gasteiger partial charge is 0.247 e. The summed E-state index contributed by atoms with van der Waals surface area (Å²) in [6.45, 7) is 3.48. The summed E-state index contributed by atoms with van der Waals surface area (Å²) in [5.41, 5.74) is 4.50. The molecule has 1 fully saturated rings. The van der Waals surface area contributed by atoms with Crippen LogP contribution in [0.1, 0.15) is 25.7 Å². The Kier molecular flexibility index (Phi) is 6.68. The van der Waals surface area contributed by atoms with E-state index in [1.165, 1.54) is 6.08 Å². The van der Waals surface area contributed by atoms with Gasteiger partial charge in [-0.05, 0) is 62.1 Å². The number of anilines is 3. The predicted octanol–water partition coefficient (Wildman–Crippen LogP) is 6.24. The Bertz CT molecular complexity index is 1350. The molecule has 8 heteroatoms. The summed E-state index contributed by atoms with van der Waals surface area (Å²) in [5, 5.41) is 11.5. The van der Waals surface area contributed by atoms with E-state index in [0.717, 1.165) is 59.2 Å². The largest absolute Gasteiger partial charge is 0.382 e. The predicted molar refractivity (Wildman–Crippen MR) is 143 cm³/mol. The number of hydrogen-bond donors (Lipinski definition) is 4. The van der Waals surface area contributed by atoms with E-state index in [9.17, 15) is 4.79 Å². The van der Waals surface area contributed by atoms with Gasteiger partial charge < -0.3 is 20.9 Å². The first-order valence-electron chi connectivity index (χ1n) is 11.7. The number of carbonyl (C=O) groups is 1. The van der Waals surface area contributed by atoms with Gasteiger partial charge in [0.05, 0.1) is 16.9 Å². The Labute approximate surface area is 209 Å². The molecule has 2 atom stereocenters. The first kappa shape index (κ1) is 22.9. The summed E-state index contributed by atoms with van der Waals surface area (Å²) in [6, 6.07) is 16.4. The van der Waals surface area contributed by atoms with Crippen molar-refractivity contribution in [2.75, 3.05) is 16.0 Å². The normalized spacial score (nSPS) is 17.6. The Morgan fingerprint density at radius 2 is 1.80 bits per heavy atom. The number of rotatable bonds is 7. The number of H-pyrrole nitrogens is 1. The van der Waals surface area contributed by atoms with Crippen LogP contribution in [0.15, 0.2) is 73.6 Å². The van der Waals surface area contributed by atoms with Gasteiger partial charge in [-0.25, -0.2) is 9.97 Å². The third-order valence-electron chi connectivity index (χ3n) is 6.30. The van der Waals surface area contributed by atoms with Crippen LogP contribution in [0.4, 0.5) is 17.3 Å². The van der Waals surface area contributed by atoms with Crippen molar-refractivity contribution in [3.8, 4) is 11.3 Å². The van der Waals surface area contributed by atoms with Crippen LogP contribution in [0.5, 0.6) is 0 Å². The van der Waals surface area contributed by atoms with Gasteiger partial charge in [-0.3, -0.25) is 4.79 Å². The van der Waals surface area contributed by atoms with Crippen molar-refractivity contribution in [3.05, 3.63) is 78.6 Å². The summed E-state index contributed by atoms with van der Waals surface area (Å²) in [4.78, 5) is 24.0. The molecule has 7 nitrogen and oxygen atoms in total. The number of benzene rings is 2. The monoisotopic (exact) mass is 486 g/mol. The number of fused-ring (bicyclic) bond motifs is 1. The third kappa shape index (κ3) is 5.30. The quantitative estimate of drug-likeness (QED) is 0.232. The second-order valence-electron chi connectivity index (χ2n) is 8.76. The lowest BCUT2D eigenvalue weighted by atomic mass is 9.91. The molecule has 1 saturated carbocycles. The maximum absolute atomic E-state index is 11.5. The standard InChI is InChI=1S/C27H27ClN6O/c1-2-25(35)32-18-12-10-17(11-13-18)31-19-6-5-7-20(14-19)33-27-30-16-23(28)26(34-27)22-15-29-24-9-4-3-8-21(22)24/h2-4,8-13,15-16,19-20,29,31H,1,5-7,14H2,(H,32,35)(H,30,33,34)/t19-,20+/m0/s1. The van der Waals surface area contributed by atoms with E-state index in [0.29, 0.717) is 17.0 Å². The molecule has 1 aliphatic rings. The van der Waals surface area contributed by atoms with Gasteiger partial charge in [0, 0.05) is 46.1 Å². The van der Waals surface area contributed by atoms with E-state index in [-0.39, 0.29) is 11.9 Å². The summed E-state index contributed by atoms with van der Waals surface area (Å²) < 4.78 is 0. The molecule has 2 aromatic heterocycles. The van der Waals surface area contributed by atoms with Crippen molar-refractivity contribution in [1.29, 1.82) is 0 Å². The highest BCUT2D eigenvalue weighted by Gasteiger charge is 2.23. The fourth-order valence-electron chi connectivity index (χ4n) is 4.61. The van der Waals surface area contributed by atoms with Crippen molar-refractivity contribution in [1.82, 2.24) is 15.0 Å². The Morgan fingerprint density at radius 3 is 2.60 bits per heavy atom. The molecule has 178 valence electrons. The minimum absolute atomic E-state index is 0.218. The number of hydrogen-bond acceptors (Lipinski definition) is 5.